The van der Waals surface area contributed by atoms with E-state index >= 15 is 0 Å². The minimum absolute atomic E-state index is 0.771. The highest BCUT2D eigenvalue weighted by Crippen LogP contribution is 2.27. The van der Waals surface area contributed by atoms with Crippen molar-refractivity contribution in [3.8, 4) is 0 Å². The molecule has 0 aliphatic heterocycles. The zero-order chi connectivity index (χ0) is 12.1. The van der Waals surface area contributed by atoms with Crippen molar-refractivity contribution >= 4 is 5.69 Å². The summed E-state index contributed by atoms with van der Waals surface area (Å²) in [6, 6.07) is 11.3. The van der Waals surface area contributed by atoms with Crippen molar-refractivity contribution in [2.45, 2.75) is 32.7 Å². The SMILES string of the molecule is CC(C)CN(CCNc1ccccc1)C1CC1. The van der Waals surface area contributed by atoms with Gasteiger partial charge >= 0.3 is 0 Å². The molecule has 1 fully saturated rings. The van der Waals surface area contributed by atoms with Crippen LogP contribution >= 0.6 is 0 Å². The largest absolute Gasteiger partial charge is 0.384 e. The number of hydrogen-bond donors (Lipinski definition) is 1. The molecule has 94 valence electrons. The molecule has 0 spiro atoms. The van der Waals surface area contributed by atoms with E-state index in [4.69, 9.17) is 0 Å². The molecule has 2 heteroatoms. The predicted molar refractivity (Wildman–Crippen MR) is 74.4 cm³/mol. The Morgan fingerprint density at radius 3 is 2.53 bits per heavy atom. The summed E-state index contributed by atoms with van der Waals surface area (Å²) in [5.41, 5.74) is 1.23. The van der Waals surface area contributed by atoms with Crippen molar-refractivity contribution in [1.82, 2.24) is 4.90 Å². The zero-order valence-corrected chi connectivity index (χ0v) is 11.0. The molecule has 0 radical (unpaired) electrons. The van der Waals surface area contributed by atoms with Gasteiger partial charge in [0.25, 0.3) is 0 Å². The molecular formula is C15H24N2. The lowest BCUT2D eigenvalue weighted by Crippen LogP contribution is -2.34. The summed E-state index contributed by atoms with van der Waals surface area (Å²) in [5, 5.41) is 3.49. The van der Waals surface area contributed by atoms with E-state index in [1.807, 2.05) is 0 Å². The van der Waals surface area contributed by atoms with Crippen LogP contribution < -0.4 is 5.32 Å². The molecule has 17 heavy (non-hydrogen) atoms. The first-order valence-electron chi connectivity index (χ1n) is 6.78. The van der Waals surface area contributed by atoms with E-state index in [-0.39, 0.29) is 0 Å². The Morgan fingerprint density at radius 1 is 1.24 bits per heavy atom. The van der Waals surface area contributed by atoms with Crippen LogP contribution in [0.3, 0.4) is 0 Å². The van der Waals surface area contributed by atoms with E-state index in [9.17, 15) is 0 Å². The average Bonchev–Trinajstić information content (AvgIpc) is 3.12. The van der Waals surface area contributed by atoms with Crippen LogP contribution in [0.15, 0.2) is 30.3 Å². The minimum Gasteiger partial charge on any atom is -0.384 e. The van der Waals surface area contributed by atoms with Gasteiger partial charge in [-0.25, -0.2) is 0 Å². The number of anilines is 1. The number of rotatable bonds is 7. The first-order chi connectivity index (χ1) is 8.25. The fraction of sp³-hybridized carbons (Fsp3) is 0.600. The van der Waals surface area contributed by atoms with Gasteiger partial charge in [0.15, 0.2) is 0 Å². The molecular weight excluding hydrogens is 208 g/mol. The van der Waals surface area contributed by atoms with Gasteiger partial charge in [0, 0.05) is 31.4 Å². The summed E-state index contributed by atoms with van der Waals surface area (Å²) < 4.78 is 0. The van der Waals surface area contributed by atoms with Crippen molar-refractivity contribution in [3.05, 3.63) is 30.3 Å². The second-order valence-electron chi connectivity index (χ2n) is 5.41. The van der Waals surface area contributed by atoms with E-state index in [0.717, 1.165) is 25.0 Å². The van der Waals surface area contributed by atoms with Gasteiger partial charge in [-0.1, -0.05) is 32.0 Å². The van der Waals surface area contributed by atoms with Crippen LogP contribution in [-0.4, -0.2) is 30.6 Å². The lowest BCUT2D eigenvalue weighted by Gasteiger charge is -2.24. The van der Waals surface area contributed by atoms with Gasteiger partial charge in [0.05, 0.1) is 0 Å². The second-order valence-corrected chi connectivity index (χ2v) is 5.41. The van der Waals surface area contributed by atoms with Gasteiger partial charge in [0.1, 0.15) is 0 Å². The fourth-order valence-corrected chi connectivity index (χ4v) is 2.23. The third-order valence-corrected chi connectivity index (χ3v) is 3.16. The minimum atomic E-state index is 0.771. The molecule has 1 aromatic rings. The highest BCUT2D eigenvalue weighted by atomic mass is 15.2. The fourth-order valence-electron chi connectivity index (χ4n) is 2.23. The third kappa shape index (κ3) is 4.39. The second kappa shape index (κ2) is 6.06. The maximum atomic E-state index is 3.49. The van der Waals surface area contributed by atoms with Gasteiger partial charge in [-0.15, -0.1) is 0 Å². The maximum absolute atomic E-state index is 3.49. The summed E-state index contributed by atoms with van der Waals surface area (Å²) >= 11 is 0. The smallest absolute Gasteiger partial charge is 0.0340 e. The first kappa shape index (κ1) is 12.4. The number of benzene rings is 1. The van der Waals surface area contributed by atoms with Crippen LogP contribution in [0.5, 0.6) is 0 Å². The lowest BCUT2D eigenvalue weighted by molar-refractivity contribution is 0.243. The van der Waals surface area contributed by atoms with E-state index in [1.165, 1.54) is 25.1 Å². The molecule has 1 aliphatic rings. The Balaban J connectivity index is 1.72. The van der Waals surface area contributed by atoms with Crippen molar-refractivity contribution in [1.29, 1.82) is 0 Å². The van der Waals surface area contributed by atoms with Gasteiger partial charge in [0.2, 0.25) is 0 Å². The quantitative estimate of drug-likeness (QED) is 0.776. The number of para-hydroxylation sites is 1. The lowest BCUT2D eigenvalue weighted by atomic mass is 10.2. The molecule has 1 saturated carbocycles. The molecule has 1 N–H and O–H groups in total. The molecule has 1 aliphatic carbocycles. The summed E-state index contributed by atoms with van der Waals surface area (Å²) in [6.07, 6.45) is 2.80. The van der Waals surface area contributed by atoms with Crippen molar-refractivity contribution < 1.29 is 0 Å². The maximum Gasteiger partial charge on any atom is 0.0340 e. The Hall–Kier alpha value is -1.02. The Labute approximate surface area is 105 Å². The van der Waals surface area contributed by atoms with Gasteiger partial charge in [-0.2, -0.15) is 0 Å². The summed E-state index contributed by atoms with van der Waals surface area (Å²) in [7, 11) is 0. The molecule has 0 saturated heterocycles. The molecule has 0 atom stereocenters. The van der Waals surface area contributed by atoms with Crippen LogP contribution in [0.1, 0.15) is 26.7 Å². The standard InChI is InChI=1S/C15H24N2/c1-13(2)12-17(15-8-9-15)11-10-16-14-6-4-3-5-7-14/h3-7,13,15-16H,8-12H2,1-2H3. The number of hydrogen-bond acceptors (Lipinski definition) is 2. The van der Waals surface area contributed by atoms with Gasteiger partial charge in [-0.05, 0) is 30.9 Å². The summed E-state index contributed by atoms with van der Waals surface area (Å²) in [6.45, 7) is 8.06. The number of nitrogens with one attached hydrogen (secondary N) is 1. The third-order valence-electron chi connectivity index (χ3n) is 3.16. The van der Waals surface area contributed by atoms with Crippen LogP contribution in [0, 0.1) is 5.92 Å². The van der Waals surface area contributed by atoms with E-state index in [2.05, 4.69) is 54.4 Å². The summed E-state index contributed by atoms with van der Waals surface area (Å²) in [4.78, 5) is 2.64. The Morgan fingerprint density at radius 2 is 1.94 bits per heavy atom. The topological polar surface area (TPSA) is 15.3 Å². The molecule has 0 aromatic heterocycles. The van der Waals surface area contributed by atoms with E-state index in [0.29, 0.717) is 0 Å². The van der Waals surface area contributed by atoms with Gasteiger partial charge < -0.3 is 5.32 Å². The van der Waals surface area contributed by atoms with Gasteiger partial charge in [-0.3, -0.25) is 4.90 Å². The highest BCUT2D eigenvalue weighted by molar-refractivity contribution is 5.42. The van der Waals surface area contributed by atoms with Crippen LogP contribution in [-0.2, 0) is 0 Å². The van der Waals surface area contributed by atoms with Crippen molar-refractivity contribution in [3.63, 3.8) is 0 Å². The first-order valence-corrected chi connectivity index (χ1v) is 6.78. The molecule has 2 rings (SSSR count). The number of nitrogens with zero attached hydrogens (tertiary/aromatic N) is 1. The van der Waals surface area contributed by atoms with Crippen LogP contribution in [0.4, 0.5) is 5.69 Å². The Kier molecular flexibility index (Phi) is 4.43. The summed E-state index contributed by atoms with van der Waals surface area (Å²) in [5.74, 6) is 0.771. The molecule has 0 bridgehead atoms. The monoisotopic (exact) mass is 232 g/mol. The molecule has 2 nitrogen and oxygen atoms in total. The molecule has 1 aromatic carbocycles. The molecule has 0 unspecified atom stereocenters. The van der Waals surface area contributed by atoms with Crippen LogP contribution in [0.25, 0.3) is 0 Å². The van der Waals surface area contributed by atoms with Crippen LogP contribution in [0.2, 0.25) is 0 Å². The molecule has 0 amide bonds. The Bertz CT molecular complexity index is 317. The highest BCUT2D eigenvalue weighted by Gasteiger charge is 2.28. The average molecular weight is 232 g/mol. The predicted octanol–water partition coefficient (Wildman–Crippen LogP) is 3.22. The molecule has 0 heterocycles. The normalized spacial score (nSPS) is 15.5. The van der Waals surface area contributed by atoms with E-state index in [1.54, 1.807) is 0 Å². The van der Waals surface area contributed by atoms with Crippen molar-refractivity contribution in [2.24, 2.45) is 5.92 Å². The zero-order valence-electron chi connectivity index (χ0n) is 11.0. The van der Waals surface area contributed by atoms with E-state index < -0.39 is 0 Å². The van der Waals surface area contributed by atoms with Crippen molar-refractivity contribution in [2.75, 3.05) is 25.0 Å².